The number of rotatable bonds is 5. The second kappa shape index (κ2) is 7.90. The molecule has 9 heteroatoms. The Morgan fingerprint density at radius 1 is 1.19 bits per heavy atom. The first-order valence-corrected chi connectivity index (χ1v) is 9.86. The first-order valence-electron chi connectivity index (χ1n) is 8.38. The average Bonchev–Trinajstić information content (AvgIpc) is 2.66. The van der Waals surface area contributed by atoms with Gasteiger partial charge in [-0.05, 0) is 31.5 Å². The molecule has 0 bridgehead atoms. The van der Waals surface area contributed by atoms with Crippen molar-refractivity contribution in [2.45, 2.75) is 30.2 Å². The Hall–Kier alpha value is -2.36. The molecule has 3 N–H and O–H groups in total. The van der Waals surface area contributed by atoms with Gasteiger partial charge in [0.25, 0.3) is 0 Å². The van der Waals surface area contributed by atoms with E-state index in [-0.39, 0.29) is 4.90 Å². The van der Waals surface area contributed by atoms with Crippen molar-refractivity contribution in [3.63, 3.8) is 0 Å². The van der Waals surface area contributed by atoms with Crippen LogP contribution in [-0.4, -0.2) is 44.3 Å². The topological polar surface area (TPSA) is 117 Å². The molecule has 2 amide bonds. The summed E-state index contributed by atoms with van der Waals surface area (Å²) in [5.41, 5.74) is 0.324. The van der Waals surface area contributed by atoms with Gasteiger partial charge in [-0.3, -0.25) is 19.9 Å². The molecule has 1 atom stereocenters. The number of pyridine rings is 1. The van der Waals surface area contributed by atoms with Crippen molar-refractivity contribution in [3.05, 3.63) is 36.5 Å². The standard InChI is InChI=1S/C17H20N4O4S/c22-15(21-17(23)13-7-1-2-9-18-13)11-20-26(24,25)14-8-3-5-12-6-4-10-19-16(12)14/h3-6,8,10,13,18,20H,1-2,7,9,11H2,(H,21,22,23). The summed E-state index contributed by atoms with van der Waals surface area (Å²) in [6.45, 7) is 0.205. The van der Waals surface area contributed by atoms with Gasteiger partial charge in [0.15, 0.2) is 0 Å². The number of sulfonamides is 1. The molecule has 8 nitrogen and oxygen atoms in total. The van der Waals surface area contributed by atoms with Crippen molar-refractivity contribution in [1.82, 2.24) is 20.3 Å². The van der Waals surface area contributed by atoms with Gasteiger partial charge >= 0.3 is 0 Å². The third-order valence-electron chi connectivity index (χ3n) is 4.20. The van der Waals surface area contributed by atoms with E-state index in [1.165, 1.54) is 12.3 Å². The van der Waals surface area contributed by atoms with Crippen LogP contribution in [0.15, 0.2) is 41.4 Å². The number of para-hydroxylation sites is 1. The van der Waals surface area contributed by atoms with E-state index in [1.807, 2.05) is 0 Å². The number of piperidine rings is 1. The van der Waals surface area contributed by atoms with Crippen molar-refractivity contribution >= 4 is 32.7 Å². The summed E-state index contributed by atoms with van der Waals surface area (Å²) in [5, 5.41) is 5.94. The summed E-state index contributed by atoms with van der Waals surface area (Å²) in [6.07, 6.45) is 4.08. The summed E-state index contributed by atoms with van der Waals surface area (Å²) < 4.78 is 27.2. The minimum absolute atomic E-state index is 0.0105. The zero-order valence-electron chi connectivity index (χ0n) is 14.1. The lowest BCUT2D eigenvalue weighted by molar-refractivity contribution is -0.131. The van der Waals surface area contributed by atoms with Crippen molar-refractivity contribution in [3.8, 4) is 0 Å². The maximum atomic E-state index is 12.5. The summed E-state index contributed by atoms with van der Waals surface area (Å²) in [5.74, 6) is -1.13. The van der Waals surface area contributed by atoms with Crippen LogP contribution in [0.25, 0.3) is 10.9 Å². The van der Waals surface area contributed by atoms with Crippen molar-refractivity contribution < 1.29 is 18.0 Å². The van der Waals surface area contributed by atoms with Crippen LogP contribution in [0.4, 0.5) is 0 Å². The molecule has 2 aromatic rings. The molecule has 0 aliphatic carbocycles. The minimum atomic E-state index is -3.94. The molecule has 3 rings (SSSR count). The maximum absolute atomic E-state index is 12.5. The van der Waals surface area contributed by atoms with Gasteiger partial charge < -0.3 is 5.32 Å². The Balaban J connectivity index is 1.64. The van der Waals surface area contributed by atoms with Gasteiger partial charge in [-0.15, -0.1) is 0 Å². The van der Waals surface area contributed by atoms with E-state index in [9.17, 15) is 18.0 Å². The Labute approximate surface area is 151 Å². The van der Waals surface area contributed by atoms with Gasteiger partial charge in [0.1, 0.15) is 4.90 Å². The van der Waals surface area contributed by atoms with E-state index in [1.54, 1.807) is 24.3 Å². The molecular formula is C17H20N4O4S. The van der Waals surface area contributed by atoms with Crippen LogP contribution in [0.3, 0.4) is 0 Å². The fourth-order valence-corrected chi connectivity index (χ4v) is 4.04. The molecule has 26 heavy (non-hydrogen) atoms. The van der Waals surface area contributed by atoms with E-state index in [0.29, 0.717) is 17.3 Å². The number of hydrogen-bond acceptors (Lipinski definition) is 6. The molecule has 0 radical (unpaired) electrons. The summed E-state index contributed by atoms with van der Waals surface area (Å²) >= 11 is 0. The quantitative estimate of drug-likeness (QED) is 0.691. The second-order valence-electron chi connectivity index (χ2n) is 6.07. The van der Waals surface area contributed by atoms with Gasteiger partial charge in [0.2, 0.25) is 21.8 Å². The zero-order valence-corrected chi connectivity index (χ0v) is 14.9. The zero-order chi connectivity index (χ0) is 18.6. The summed E-state index contributed by atoms with van der Waals surface area (Å²) in [6, 6.07) is 7.84. The molecular weight excluding hydrogens is 356 g/mol. The highest BCUT2D eigenvalue weighted by Crippen LogP contribution is 2.20. The molecule has 0 saturated carbocycles. The average molecular weight is 376 g/mol. The Bertz CT molecular complexity index is 918. The van der Waals surface area contributed by atoms with Gasteiger partial charge in [-0.2, -0.15) is 0 Å². The predicted octanol–water partition coefficient (Wildman–Crippen LogP) is 0.298. The Kier molecular flexibility index (Phi) is 5.60. The first-order chi connectivity index (χ1) is 12.5. The van der Waals surface area contributed by atoms with Crippen LogP contribution >= 0.6 is 0 Å². The molecule has 1 fully saturated rings. The monoisotopic (exact) mass is 376 g/mol. The van der Waals surface area contributed by atoms with Crippen molar-refractivity contribution in [1.29, 1.82) is 0 Å². The van der Waals surface area contributed by atoms with Crippen LogP contribution in [-0.2, 0) is 19.6 Å². The van der Waals surface area contributed by atoms with Gasteiger partial charge in [0, 0.05) is 11.6 Å². The highest BCUT2D eigenvalue weighted by Gasteiger charge is 2.23. The number of carbonyl (C=O) groups excluding carboxylic acids is 2. The second-order valence-corrected chi connectivity index (χ2v) is 7.81. The number of benzene rings is 1. The third kappa shape index (κ3) is 4.24. The third-order valence-corrected chi connectivity index (χ3v) is 5.63. The van der Waals surface area contributed by atoms with E-state index in [2.05, 4.69) is 20.3 Å². The first kappa shape index (κ1) is 18.4. The molecule has 2 heterocycles. The number of aromatic nitrogens is 1. The van der Waals surface area contributed by atoms with Crippen LogP contribution in [0.5, 0.6) is 0 Å². The number of nitrogens with zero attached hydrogens (tertiary/aromatic N) is 1. The number of fused-ring (bicyclic) bond motifs is 1. The lowest BCUT2D eigenvalue weighted by Gasteiger charge is -2.22. The molecule has 1 unspecified atom stereocenters. The van der Waals surface area contributed by atoms with E-state index in [0.717, 1.165) is 19.4 Å². The predicted molar refractivity (Wildman–Crippen MR) is 95.7 cm³/mol. The van der Waals surface area contributed by atoms with Crippen molar-refractivity contribution in [2.24, 2.45) is 0 Å². The van der Waals surface area contributed by atoms with E-state index in [4.69, 9.17) is 0 Å². The lowest BCUT2D eigenvalue weighted by atomic mass is 10.0. The highest BCUT2D eigenvalue weighted by molar-refractivity contribution is 7.89. The molecule has 1 aromatic heterocycles. The number of hydrogen-bond donors (Lipinski definition) is 3. The molecule has 138 valence electrons. The number of imide groups is 1. The maximum Gasteiger partial charge on any atom is 0.243 e. The Morgan fingerprint density at radius 3 is 2.77 bits per heavy atom. The van der Waals surface area contributed by atoms with Gasteiger partial charge in [-0.25, -0.2) is 13.1 Å². The molecule has 1 saturated heterocycles. The number of amides is 2. The van der Waals surface area contributed by atoms with Gasteiger partial charge in [0.05, 0.1) is 18.1 Å². The summed E-state index contributed by atoms with van der Waals surface area (Å²) in [4.78, 5) is 28.0. The number of carbonyl (C=O) groups is 2. The van der Waals surface area contributed by atoms with E-state index < -0.39 is 34.4 Å². The van der Waals surface area contributed by atoms with Crippen molar-refractivity contribution in [2.75, 3.05) is 13.1 Å². The van der Waals surface area contributed by atoms with Crippen LogP contribution in [0.2, 0.25) is 0 Å². The summed E-state index contributed by atoms with van der Waals surface area (Å²) in [7, 11) is -3.94. The van der Waals surface area contributed by atoms with Crippen LogP contribution < -0.4 is 15.4 Å². The highest BCUT2D eigenvalue weighted by atomic mass is 32.2. The molecule has 1 aliphatic heterocycles. The molecule has 1 aromatic carbocycles. The lowest BCUT2D eigenvalue weighted by Crippen LogP contribution is -2.50. The molecule has 1 aliphatic rings. The number of nitrogens with one attached hydrogen (secondary N) is 3. The largest absolute Gasteiger partial charge is 0.306 e. The SMILES string of the molecule is O=C(CNS(=O)(=O)c1cccc2cccnc12)NC(=O)C1CCCCN1. The fourth-order valence-electron chi connectivity index (χ4n) is 2.88. The fraction of sp³-hybridized carbons (Fsp3) is 0.353. The smallest absolute Gasteiger partial charge is 0.243 e. The Morgan fingerprint density at radius 2 is 2.00 bits per heavy atom. The normalized spacial score (nSPS) is 17.8. The van der Waals surface area contributed by atoms with Crippen LogP contribution in [0.1, 0.15) is 19.3 Å². The van der Waals surface area contributed by atoms with Gasteiger partial charge in [-0.1, -0.05) is 24.6 Å². The minimum Gasteiger partial charge on any atom is -0.306 e. The van der Waals surface area contributed by atoms with E-state index >= 15 is 0 Å². The molecule has 0 spiro atoms. The van der Waals surface area contributed by atoms with Crippen LogP contribution in [0, 0.1) is 0 Å².